The average molecular weight is 301 g/mol. The highest BCUT2D eigenvalue weighted by Gasteiger charge is 2.13. The average Bonchev–Trinajstić information content (AvgIpc) is 3.08. The first kappa shape index (κ1) is 13.7. The first-order valence-corrected chi connectivity index (χ1v) is 7.59. The Morgan fingerprint density at radius 2 is 2.19 bits per heavy atom. The van der Waals surface area contributed by atoms with E-state index in [4.69, 9.17) is 4.74 Å². The van der Waals surface area contributed by atoms with Crippen molar-refractivity contribution in [1.82, 2.24) is 4.57 Å². The first-order chi connectivity index (χ1) is 10.2. The number of carbonyl (C=O) groups is 1. The minimum absolute atomic E-state index is 0.401. The van der Waals surface area contributed by atoms with E-state index in [1.54, 1.807) is 0 Å². The second-order valence-corrected chi connectivity index (χ2v) is 5.56. The minimum atomic E-state index is -0.869. The number of fused-ring (bicyclic) bond motifs is 1. The van der Waals surface area contributed by atoms with Crippen LogP contribution < -0.4 is 4.74 Å². The van der Waals surface area contributed by atoms with E-state index < -0.39 is 5.97 Å². The van der Waals surface area contributed by atoms with Gasteiger partial charge < -0.3 is 14.4 Å². The molecule has 0 aliphatic rings. The van der Waals surface area contributed by atoms with Gasteiger partial charge in [-0.3, -0.25) is 0 Å². The molecular weight excluding hydrogens is 286 g/mol. The van der Waals surface area contributed by atoms with E-state index >= 15 is 0 Å². The van der Waals surface area contributed by atoms with Crippen LogP contribution in [0.25, 0.3) is 10.9 Å². The van der Waals surface area contributed by atoms with Crippen molar-refractivity contribution in [2.75, 3.05) is 6.61 Å². The third-order valence-corrected chi connectivity index (χ3v) is 4.30. The van der Waals surface area contributed by atoms with Gasteiger partial charge in [0.25, 0.3) is 0 Å². The van der Waals surface area contributed by atoms with E-state index in [9.17, 15) is 9.90 Å². The Morgan fingerprint density at radius 1 is 1.33 bits per heavy atom. The van der Waals surface area contributed by atoms with Gasteiger partial charge in [-0.15, -0.1) is 11.3 Å². The molecule has 1 aromatic carbocycles. The zero-order valence-electron chi connectivity index (χ0n) is 11.6. The van der Waals surface area contributed by atoms with Gasteiger partial charge in [0.15, 0.2) is 0 Å². The monoisotopic (exact) mass is 301 g/mol. The molecule has 0 unspecified atom stereocenters. The van der Waals surface area contributed by atoms with Gasteiger partial charge in [0, 0.05) is 18.1 Å². The lowest BCUT2D eigenvalue weighted by Gasteiger charge is -2.07. The van der Waals surface area contributed by atoms with Crippen molar-refractivity contribution in [3.05, 3.63) is 52.3 Å². The highest BCUT2D eigenvalue weighted by atomic mass is 32.1. The van der Waals surface area contributed by atoms with Crippen molar-refractivity contribution in [2.45, 2.75) is 13.5 Å². The number of hydrogen-bond donors (Lipinski definition) is 1. The van der Waals surface area contributed by atoms with E-state index in [-0.39, 0.29) is 0 Å². The van der Waals surface area contributed by atoms with Crippen LogP contribution in [-0.4, -0.2) is 22.2 Å². The molecule has 0 aliphatic carbocycles. The molecule has 0 radical (unpaired) electrons. The number of benzene rings is 1. The largest absolute Gasteiger partial charge is 0.493 e. The Kier molecular flexibility index (Phi) is 3.66. The number of rotatable bonds is 5. The molecule has 0 saturated heterocycles. The number of carboxylic acid groups (broad SMARTS) is 1. The predicted molar refractivity (Wildman–Crippen MR) is 83.5 cm³/mol. The summed E-state index contributed by atoms with van der Waals surface area (Å²) in [5.41, 5.74) is 1.87. The molecule has 0 bridgehead atoms. The Labute approximate surface area is 126 Å². The molecule has 0 atom stereocenters. The maximum Gasteiger partial charge on any atom is 0.346 e. The molecule has 108 valence electrons. The summed E-state index contributed by atoms with van der Waals surface area (Å²) in [6, 6.07) is 9.79. The van der Waals surface area contributed by atoms with Crippen molar-refractivity contribution in [3.8, 4) is 5.75 Å². The molecule has 0 spiro atoms. The number of hydrogen-bond acceptors (Lipinski definition) is 3. The topological polar surface area (TPSA) is 51.5 Å². The van der Waals surface area contributed by atoms with Crippen LogP contribution in [0, 0.1) is 0 Å². The van der Waals surface area contributed by atoms with Crippen LogP contribution >= 0.6 is 11.3 Å². The smallest absolute Gasteiger partial charge is 0.346 e. The molecular formula is C16H15NO3S. The summed E-state index contributed by atoms with van der Waals surface area (Å²) in [5, 5.41) is 12.1. The Morgan fingerprint density at radius 3 is 2.95 bits per heavy atom. The van der Waals surface area contributed by atoms with E-state index in [1.807, 2.05) is 53.4 Å². The van der Waals surface area contributed by atoms with Gasteiger partial charge in [-0.25, -0.2) is 4.79 Å². The van der Waals surface area contributed by atoms with Crippen molar-refractivity contribution in [2.24, 2.45) is 0 Å². The maximum atomic E-state index is 11.2. The molecule has 0 amide bonds. The maximum absolute atomic E-state index is 11.2. The normalized spacial score (nSPS) is 10.9. The zero-order chi connectivity index (χ0) is 14.8. The lowest BCUT2D eigenvalue weighted by molar-refractivity contribution is 0.0701. The van der Waals surface area contributed by atoms with Gasteiger partial charge in [-0.2, -0.15) is 0 Å². The molecule has 0 fully saturated rings. The highest BCUT2D eigenvalue weighted by molar-refractivity contribution is 7.12. The number of nitrogens with zero attached hydrogens (tertiary/aromatic N) is 1. The van der Waals surface area contributed by atoms with Gasteiger partial charge in [0.1, 0.15) is 10.6 Å². The molecule has 2 aromatic heterocycles. The fourth-order valence-electron chi connectivity index (χ4n) is 2.45. The van der Waals surface area contributed by atoms with Crippen molar-refractivity contribution in [1.29, 1.82) is 0 Å². The molecule has 1 N–H and O–H groups in total. The molecule has 2 heterocycles. The molecule has 21 heavy (non-hydrogen) atoms. The van der Waals surface area contributed by atoms with Crippen LogP contribution in [0.1, 0.15) is 22.2 Å². The van der Waals surface area contributed by atoms with Crippen molar-refractivity contribution >= 4 is 28.2 Å². The third kappa shape index (κ3) is 2.52. The summed E-state index contributed by atoms with van der Waals surface area (Å²) >= 11 is 1.26. The lowest BCUT2D eigenvalue weighted by atomic mass is 10.2. The summed E-state index contributed by atoms with van der Waals surface area (Å²) in [5.74, 6) is -0.0102. The summed E-state index contributed by atoms with van der Waals surface area (Å²) < 4.78 is 7.67. The summed E-state index contributed by atoms with van der Waals surface area (Å²) in [6.45, 7) is 3.13. The molecule has 5 heteroatoms. The van der Waals surface area contributed by atoms with Crippen LogP contribution in [0.4, 0.5) is 0 Å². The second-order valence-electron chi connectivity index (χ2n) is 4.65. The lowest BCUT2D eigenvalue weighted by Crippen LogP contribution is -2.03. The second kappa shape index (κ2) is 5.61. The van der Waals surface area contributed by atoms with E-state index in [2.05, 4.69) is 0 Å². The molecule has 3 rings (SSSR count). The van der Waals surface area contributed by atoms with Crippen molar-refractivity contribution < 1.29 is 14.6 Å². The molecule has 0 aliphatic heterocycles. The van der Waals surface area contributed by atoms with E-state index in [0.717, 1.165) is 22.2 Å². The third-order valence-electron chi connectivity index (χ3n) is 3.36. The summed E-state index contributed by atoms with van der Waals surface area (Å²) in [7, 11) is 0. The van der Waals surface area contributed by atoms with Gasteiger partial charge >= 0.3 is 5.97 Å². The Balaban J connectivity index is 2.00. The standard InChI is InChI=1S/C16H15NO3S/c1-2-20-14-5-3-4-13-12(14)6-8-17(13)10-11-7-9-21-15(11)16(18)19/h3-9H,2,10H2,1H3,(H,18,19). The quantitative estimate of drug-likeness (QED) is 0.779. The first-order valence-electron chi connectivity index (χ1n) is 6.71. The number of carboxylic acids is 1. The predicted octanol–water partition coefficient (Wildman–Crippen LogP) is 3.85. The Hall–Kier alpha value is -2.27. The van der Waals surface area contributed by atoms with Crippen LogP contribution in [0.3, 0.4) is 0 Å². The molecule has 4 nitrogen and oxygen atoms in total. The van der Waals surface area contributed by atoms with Gasteiger partial charge in [-0.05, 0) is 42.1 Å². The van der Waals surface area contributed by atoms with Crippen molar-refractivity contribution in [3.63, 3.8) is 0 Å². The SMILES string of the molecule is CCOc1cccc2c1ccn2Cc1ccsc1C(=O)O. The fraction of sp³-hybridized carbons (Fsp3) is 0.188. The summed E-state index contributed by atoms with van der Waals surface area (Å²) in [4.78, 5) is 11.6. The number of aromatic nitrogens is 1. The van der Waals surface area contributed by atoms with E-state index in [1.165, 1.54) is 11.3 Å². The molecule has 0 saturated carbocycles. The number of thiophene rings is 1. The summed E-state index contributed by atoms with van der Waals surface area (Å²) in [6.07, 6.45) is 1.97. The Bertz CT molecular complexity index is 788. The van der Waals surface area contributed by atoms with Gasteiger partial charge in [0.2, 0.25) is 0 Å². The zero-order valence-corrected chi connectivity index (χ0v) is 12.4. The van der Waals surface area contributed by atoms with Crippen LogP contribution in [-0.2, 0) is 6.54 Å². The fourth-order valence-corrected chi connectivity index (χ4v) is 3.20. The minimum Gasteiger partial charge on any atom is -0.493 e. The van der Waals surface area contributed by atoms with Crippen LogP contribution in [0.15, 0.2) is 41.9 Å². The number of aromatic carboxylic acids is 1. The molecule has 3 aromatic rings. The van der Waals surface area contributed by atoms with Crippen LogP contribution in [0.2, 0.25) is 0 Å². The highest BCUT2D eigenvalue weighted by Crippen LogP contribution is 2.28. The van der Waals surface area contributed by atoms with Crippen LogP contribution in [0.5, 0.6) is 5.75 Å². The van der Waals surface area contributed by atoms with E-state index in [0.29, 0.717) is 18.0 Å². The van der Waals surface area contributed by atoms with Gasteiger partial charge in [0.05, 0.1) is 12.1 Å². The number of ether oxygens (including phenoxy) is 1. The van der Waals surface area contributed by atoms with Gasteiger partial charge in [-0.1, -0.05) is 6.07 Å².